The molecule has 2 N–H and O–H groups in total. The van der Waals surface area contributed by atoms with E-state index >= 15 is 0 Å². The quantitative estimate of drug-likeness (QED) is 0.791. The third-order valence-corrected chi connectivity index (χ3v) is 2.56. The molecule has 1 rings (SSSR count). The molecule has 1 amide bonds. The lowest BCUT2D eigenvalue weighted by atomic mass is 10.1. The number of carboxylic acid groups (broad SMARTS) is 1. The second-order valence-corrected chi connectivity index (χ2v) is 3.85. The third kappa shape index (κ3) is 3.53. The summed E-state index contributed by atoms with van der Waals surface area (Å²) < 4.78 is 12.9. The van der Waals surface area contributed by atoms with Gasteiger partial charge in [0, 0.05) is 7.05 Å². The SMILES string of the molecule is CN(C(=O)Cc1cccc(F)c1)C(CO)C(=O)O. The fraction of sp³-hybridized carbons (Fsp3) is 0.333. The van der Waals surface area contributed by atoms with E-state index in [2.05, 4.69) is 0 Å². The molecule has 0 fully saturated rings. The smallest absolute Gasteiger partial charge is 0.328 e. The van der Waals surface area contributed by atoms with Crippen molar-refractivity contribution in [1.29, 1.82) is 0 Å². The van der Waals surface area contributed by atoms with Crippen LogP contribution in [0.1, 0.15) is 5.56 Å². The molecule has 0 aromatic heterocycles. The Hall–Kier alpha value is -1.95. The van der Waals surface area contributed by atoms with E-state index in [1.165, 1.54) is 25.2 Å². The van der Waals surface area contributed by atoms with Crippen molar-refractivity contribution in [2.75, 3.05) is 13.7 Å². The Kier molecular flexibility index (Phi) is 4.79. The van der Waals surface area contributed by atoms with Crippen LogP contribution in [0.5, 0.6) is 0 Å². The molecule has 0 aliphatic heterocycles. The van der Waals surface area contributed by atoms with Gasteiger partial charge in [-0.2, -0.15) is 0 Å². The summed E-state index contributed by atoms with van der Waals surface area (Å²) in [5.41, 5.74) is 0.453. The standard InChI is InChI=1S/C12H14FNO4/c1-14(10(7-15)12(17)18)11(16)6-8-3-2-4-9(13)5-8/h2-5,10,15H,6-7H2,1H3,(H,17,18). The molecule has 0 saturated heterocycles. The molecule has 0 bridgehead atoms. The molecular formula is C12H14FNO4. The van der Waals surface area contributed by atoms with Gasteiger partial charge in [0.2, 0.25) is 5.91 Å². The van der Waals surface area contributed by atoms with Crippen LogP contribution < -0.4 is 0 Å². The summed E-state index contributed by atoms with van der Waals surface area (Å²) in [7, 11) is 1.29. The Morgan fingerprint density at radius 1 is 1.44 bits per heavy atom. The number of nitrogens with zero attached hydrogens (tertiary/aromatic N) is 1. The molecule has 0 saturated carbocycles. The maximum absolute atomic E-state index is 12.9. The topological polar surface area (TPSA) is 77.8 Å². The third-order valence-electron chi connectivity index (χ3n) is 2.56. The van der Waals surface area contributed by atoms with Crippen molar-refractivity contribution in [1.82, 2.24) is 4.90 Å². The summed E-state index contributed by atoms with van der Waals surface area (Å²) in [6.07, 6.45) is -0.113. The minimum absolute atomic E-state index is 0.113. The average molecular weight is 255 g/mol. The minimum Gasteiger partial charge on any atom is -0.480 e. The van der Waals surface area contributed by atoms with Crippen molar-refractivity contribution in [2.24, 2.45) is 0 Å². The maximum Gasteiger partial charge on any atom is 0.328 e. The number of aliphatic carboxylic acids is 1. The number of likely N-dealkylation sites (N-methyl/N-ethyl adjacent to an activating group) is 1. The Morgan fingerprint density at radius 3 is 2.61 bits per heavy atom. The van der Waals surface area contributed by atoms with Crippen LogP contribution in [0.25, 0.3) is 0 Å². The summed E-state index contributed by atoms with van der Waals surface area (Å²) in [6, 6.07) is 4.22. The number of carboxylic acids is 1. The molecule has 6 heteroatoms. The Labute approximate surface area is 103 Å². The van der Waals surface area contributed by atoms with Crippen LogP contribution in [-0.2, 0) is 16.0 Å². The van der Waals surface area contributed by atoms with Crippen LogP contribution >= 0.6 is 0 Å². The number of rotatable bonds is 5. The van der Waals surface area contributed by atoms with E-state index in [4.69, 9.17) is 10.2 Å². The van der Waals surface area contributed by atoms with Crippen LogP contribution in [0.4, 0.5) is 4.39 Å². The summed E-state index contributed by atoms with van der Waals surface area (Å²) in [6.45, 7) is -0.666. The molecule has 0 heterocycles. The molecule has 1 atom stereocenters. The zero-order chi connectivity index (χ0) is 13.7. The van der Waals surface area contributed by atoms with Gasteiger partial charge in [0.05, 0.1) is 13.0 Å². The number of carbonyl (C=O) groups excluding carboxylic acids is 1. The van der Waals surface area contributed by atoms with Gasteiger partial charge in [-0.15, -0.1) is 0 Å². The monoisotopic (exact) mass is 255 g/mol. The van der Waals surface area contributed by atoms with E-state index in [0.29, 0.717) is 5.56 Å². The number of carbonyl (C=O) groups is 2. The zero-order valence-corrected chi connectivity index (χ0v) is 9.84. The Balaban J connectivity index is 2.73. The number of aliphatic hydroxyl groups excluding tert-OH is 1. The van der Waals surface area contributed by atoms with Crippen molar-refractivity contribution < 1.29 is 24.2 Å². The second kappa shape index (κ2) is 6.11. The van der Waals surface area contributed by atoms with Gasteiger partial charge in [0.1, 0.15) is 5.82 Å². The number of aliphatic hydroxyl groups is 1. The first kappa shape index (κ1) is 14.1. The largest absolute Gasteiger partial charge is 0.480 e. The van der Waals surface area contributed by atoms with Crippen LogP contribution in [0, 0.1) is 5.82 Å². The number of benzene rings is 1. The second-order valence-electron chi connectivity index (χ2n) is 3.85. The Morgan fingerprint density at radius 2 is 2.11 bits per heavy atom. The average Bonchev–Trinajstić information content (AvgIpc) is 2.29. The van der Waals surface area contributed by atoms with Gasteiger partial charge >= 0.3 is 5.97 Å². The maximum atomic E-state index is 12.9. The van der Waals surface area contributed by atoms with Crippen LogP contribution in [0.3, 0.4) is 0 Å². The van der Waals surface area contributed by atoms with Crippen molar-refractivity contribution in [2.45, 2.75) is 12.5 Å². The summed E-state index contributed by atoms with van der Waals surface area (Å²) >= 11 is 0. The normalized spacial score (nSPS) is 11.9. The summed E-state index contributed by atoms with van der Waals surface area (Å²) in [5.74, 6) is -2.24. The molecular weight excluding hydrogens is 241 g/mol. The molecule has 0 spiro atoms. The lowest BCUT2D eigenvalue weighted by molar-refractivity contribution is -0.150. The van der Waals surface area contributed by atoms with Crippen LogP contribution in [-0.4, -0.2) is 46.7 Å². The number of hydrogen-bond donors (Lipinski definition) is 2. The highest BCUT2D eigenvalue weighted by Crippen LogP contribution is 2.07. The van der Waals surface area contributed by atoms with E-state index in [1.807, 2.05) is 0 Å². The zero-order valence-electron chi connectivity index (χ0n) is 9.84. The van der Waals surface area contributed by atoms with E-state index in [9.17, 15) is 14.0 Å². The van der Waals surface area contributed by atoms with Crippen LogP contribution in [0.2, 0.25) is 0 Å². The lowest BCUT2D eigenvalue weighted by Crippen LogP contribution is -2.45. The van der Waals surface area contributed by atoms with Crippen molar-refractivity contribution in [3.8, 4) is 0 Å². The molecule has 5 nitrogen and oxygen atoms in total. The number of halogens is 1. The number of amides is 1. The Bertz CT molecular complexity index is 449. The lowest BCUT2D eigenvalue weighted by Gasteiger charge is -2.23. The highest BCUT2D eigenvalue weighted by Gasteiger charge is 2.25. The summed E-state index contributed by atoms with van der Waals surface area (Å²) in [5, 5.41) is 17.7. The van der Waals surface area contributed by atoms with E-state index in [1.54, 1.807) is 6.07 Å². The highest BCUT2D eigenvalue weighted by molar-refractivity contribution is 5.84. The molecule has 1 aromatic carbocycles. The molecule has 0 radical (unpaired) electrons. The first-order chi connectivity index (χ1) is 8.45. The molecule has 98 valence electrons. The van der Waals surface area contributed by atoms with Gasteiger partial charge in [-0.3, -0.25) is 4.79 Å². The van der Waals surface area contributed by atoms with E-state index in [0.717, 1.165) is 4.90 Å². The van der Waals surface area contributed by atoms with Gasteiger partial charge in [0.15, 0.2) is 6.04 Å². The van der Waals surface area contributed by atoms with Gasteiger partial charge in [-0.1, -0.05) is 12.1 Å². The number of hydrogen-bond acceptors (Lipinski definition) is 3. The summed E-state index contributed by atoms with van der Waals surface area (Å²) in [4.78, 5) is 23.5. The highest BCUT2D eigenvalue weighted by atomic mass is 19.1. The molecule has 18 heavy (non-hydrogen) atoms. The molecule has 0 aliphatic rings. The van der Waals surface area contributed by atoms with E-state index < -0.39 is 30.3 Å². The van der Waals surface area contributed by atoms with Crippen molar-refractivity contribution in [3.63, 3.8) is 0 Å². The van der Waals surface area contributed by atoms with Crippen LogP contribution in [0.15, 0.2) is 24.3 Å². The fourth-order valence-corrected chi connectivity index (χ4v) is 1.49. The predicted octanol–water partition coefficient (Wildman–Crippen LogP) is 0.272. The predicted molar refractivity (Wildman–Crippen MR) is 61.4 cm³/mol. The first-order valence-electron chi connectivity index (χ1n) is 5.29. The van der Waals surface area contributed by atoms with Crippen molar-refractivity contribution >= 4 is 11.9 Å². The van der Waals surface area contributed by atoms with Gasteiger partial charge in [-0.25, -0.2) is 9.18 Å². The van der Waals surface area contributed by atoms with Gasteiger partial charge < -0.3 is 15.1 Å². The first-order valence-corrected chi connectivity index (χ1v) is 5.29. The minimum atomic E-state index is -1.29. The van der Waals surface area contributed by atoms with Gasteiger partial charge in [0.25, 0.3) is 0 Å². The molecule has 0 aliphatic carbocycles. The molecule has 1 aromatic rings. The van der Waals surface area contributed by atoms with E-state index in [-0.39, 0.29) is 6.42 Å². The fourth-order valence-electron chi connectivity index (χ4n) is 1.49. The molecule has 1 unspecified atom stereocenters. The van der Waals surface area contributed by atoms with Crippen molar-refractivity contribution in [3.05, 3.63) is 35.6 Å². The van der Waals surface area contributed by atoms with Gasteiger partial charge in [-0.05, 0) is 17.7 Å².